The molecule has 0 saturated carbocycles. The minimum Gasteiger partial charge on any atom is -0.376 e. The van der Waals surface area contributed by atoms with Crippen molar-refractivity contribution in [3.05, 3.63) is 35.9 Å². The first kappa shape index (κ1) is 14.8. The first-order valence-corrected chi connectivity index (χ1v) is 7.68. The van der Waals surface area contributed by atoms with E-state index >= 15 is 0 Å². The molecule has 3 amide bonds. The van der Waals surface area contributed by atoms with E-state index in [1.54, 1.807) is 9.80 Å². The Morgan fingerprint density at radius 3 is 2.86 bits per heavy atom. The van der Waals surface area contributed by atoms with Crippen molar-refractivity contribution in [3.63, 3.8) is 0 Å². The Bertz CT molecular complexity index is 529. The lowest BCUT2D eigenvalue weighted by Gasteiger charge is -2.19. The van der Waals surface area contributed by atoms with Gasteiger partial charge in [0.15, 0.2) is 0 Å². The van der Waals surface area contributed by atoms with Crippen LogP contribution in [0.1, 0.15) is 18.4 Å². The topological polar surface area (TPSA) is 61.9 Å². The predicted octanol–water partition coefficient (Wildman–Crippen LogP) is 1.18. The average molecular weight is 303 g/mol. The van der Waals surface area contributed by atoms with Gasteiger partial charge in [-0.3, -0.25) is 9.69 Å². The lowest BCUT2D eigenvalue weighted by atomic mass is 10.2. The summed E-state index contributed by atoms with van der Waals surface area (Å²) in [5, 5.41) is 2.85. The number of carbonyl (C=O) groups excluding carboxylic acids is 2. The molecule has 0 aromatic heterocycles. The minimum atomic E-state index is -0.195. The molecule has 6 nitrogen and oxygen atoms in total. The monoisotopic (exact) mass is 303 g/mol. The third kappa shape index (κ3) is 3.57. The molecule has 0 spiro atoms. The predicted molar refractivity (Wildman–Crippen MR) is 80.9 cm³/mol. The SMILES string of the molecule is O=C1CN(C(=O)NC[C@H]2CCCO2)CN1Cc1ccccc1. The van der Waals surface area contributed by atoms with E-state index < -0.39 is 0 Å². The summed E-state index contributed by atoms with van der Waals surface area (Å²) in [5.74, 6) is -0.0175. The highest BCUT2D eigenvalue weighted by Gasteiger charge is 2.31. The molecule has 1 N–H and O–H groups in total. The minimum absolute atomic E-state index is 0.0175. The lowest BCUT2D eigenvalue weighted by Crippen LogP contribution is -2.42. The Labute approximate surface area is 130 Å². The van der Waals surface area contributed by atoms with Gasteiger partial charge in [0, 0.05) is 19.7 Å². The molecule has 2 aliphatic heterocycles. The number of benzene rings is 1. The van der Waals surface area contributed by atoms with E-state index in [0.29, 0.717) is 19.8 Å². The number of urea groups is 1. The van der Waals surface area contributed by atoms with Crippen molar-refractivity contribution in [2.75, 3.05) is 26.4 Å². The van der Waals surface area contributed by atoms with Gasteiger partial charge in [0.1, 0.15) is 6.54 Å². The fourth-order valence-electron chi connectivity index (χ4n) is 2.79. The Morgan fingerprint density at radius 1 is 1.32 bits per heavy atom. The molecule has 0 aliphatic carbocycles. The summed E-state index contributed by atoms with van der Waals surface area (Å²) in [6.45, 7) is 2.31. The van der Waals surface area contributed by atoms with E-state index in [9.17, 15) is 9.59 Å². The molecular weight excluding hydrogens is 282 g/mol. The van der Waals surface area contributed by atoms with Gasteiger partial charge >= 0.3 is 6.03 Å². The van der Waals surface area contributed by atoms with Gasteiger partial charge in [-0.1, -0.05) is 30.3 Å². The summed E-state index contributed by atoms with van der Waals surface area (Å²) < 4.78 is 5.48. The molecule has 118 valence electrons. The molecule has 0 bridgehead atoms. The summed E-state index contributed by atoms with van der Waals surface area (Å²) in [4.78, 5) is 27.4. The second-order valence-electron chi connectivity index (χ2n) is 5.74. The van der Waals surface area contributed by atoms with Crippen LogP contribution in [-0.4, -0.2) is 54.2 Å². The number of amides is 3. The van der Waals surface area contributed by atoms with Crippen LogP contribution < -0.4 is 5.32 Å². The molecule has 1 atom stereocenters. The number of hydrogen-bond acceptors (Lipinski definition) is 3. The zero-order valence-electron chi connectivity index (χ0n) is 12.5. The number of nitrogens with one attached hydrogen (secondary N) is 1. The van der Waals surface area contributed by atoms with Crippen molar-refractivity contribution in [1.82, 2.24) is 15.1 Å². The summed E-state index contributed by atoms with van der Waals surface area (Å²) >= 11 is 0. The fourth-order valence-corrected chi connectivity index (χ4v) is 2.79. The molecule has 3 rings (SSSR count). The zero-order valence-corrected chi connectivity index (χ0v) is 12.5. The van der Waals surface area contributed by atoms with Crippen molar-refractivity contribution >= 4 is 11.9 Å². The summed E-state index contributed by atoms with van der Waals surface area (Å²) in [7, 11) is 0. The molecule has 22 heavy (non-hydrogen) atoms. The highest BCUT2D eigenvalue weighted by Crippen LogP contribution is 2.13. The molecule has 1 aromatic carbocycles. The van der Waals surface area contributed by atoms with Gasteiger partial charge < -0.3 is 15.0 Å². The summed E-state index contributed by atoms with van der Waals surface area (Å²) in [5.41, 5.74) is 1.07. The number of rotatable bonds is 4. The first-order valence-electron chi connectivity index (χ1n) is 7.68. The quantitative estimate of drug-likeness (QED) is 0.908. The zero-order chi connectivity index (χ0) is 15.4. The van der Waals surface area contributed by atoms with Gasteiger partial charge in [0.25, 0.3) is 0 Å². The van der Waals surface area contributed by atoms with E-state index in [1.165, 1.54) is 0 Å². The van der Waals surface area contributed by atoms with Gasteiger partial charge in [0.2, 0.25) is 5.91 Å². The number of carbonyl (C=O) groups is 2. The van der Waals surface area contributed by atoms with Crippen LogP contribution in [0.15, 0.2) is 30.3 Å². The maximum absolute atomic E-state index is 12.1. The molecule has 6 heteroatoms. The van der Waals surface area contributed by atoms with Crippen LogP contribution in [0.4, 0.5) is 4.79 Å². The molecule has 2 saturated heterocycles. The van der Waals surface area contributed by atoms with Gasteiger partial charge in [0.05, 0.1) is 12.8 Å². The summed E-state index contributed by atoms with van der Waals surface area (Å²) in [6.07, 6.45) is 2.15. The van der Waals surface area contributed by atoms with Crippen LogP contribution in [-0.2, 0) is 16.1 Å². The second-order valence-corrected chi connectivity index (χ2v) is 5.74. The van der Waals surface area contributed by atoms with Crippen LogP contribution in [0, 0.1) is 0 Å². The van der Waals surface area contributed by atoms with Crippen LogP contribution in [0.5, 0.6) is 0 Å². The van der Waals surface area contributed by atoms with Crippen molar-refractivity contribution in [2.45, 2.75) is 25.5 Å². The van der Waals surface area contributed by atoms with Gasteiger partial charge in [-0.15, -0.1) is 0 Å². The molecule has 1 aromatic rings. The van der Waals surface area contributed by atoms with Crippen molar-refractivity contribution in [3.8, 4) is 0 Å². The van der Waals surface area contributed by atoms with Crippen molar-refractivity contribution < 1.29 is 14.3 Å². The molecule has 2 aliphatic rings. The Hall–Kier alpha value is -2.08. The van der Waals surface area contributed by atoms with Crippen LogP contribution in [0.3, 0.4) is 0 Å². The van der Waals surface area contributed by atoms with Crippen LogP contribution in [0.25, 0.3) is 0 Å². The molecule has 2 fully saturated rings. The first-order chi connectivity index (χ1) is 10.7. The van der Waals surface area contributed by atoms with Crippen molar-refractivity contribution in [1.29, 1.82) is 0 Å². The van der Waals surface area contributed by atoms with Crippen LogP contribution in [0.2, 0.25) is 0 Å². The average Bonchev–Trinajstić information content (AvgIpc) is 3.16. The Balaban J connectivity index is 1.49. The van der Waals surface area contributed by atoms with Crippen LogP contribution >= 0.6 is 0 Å². The maximum Gasteiger partial charge on any atom is 0.319 e. The molecule has 0 radical (unpaired) electrons. The lowest BCUT2D eigenvalue weighted by molar-refractivity contribution is -0.127. The van der Waals surface area contributed by atoms with E-state index in [2.05, 4.69) is 5.32 Å². The van der Waals surface area contributed by atoms with E-state index in [0.717, 1.165) is 25.0 Å². The van der Waals surface area contributed by atoms with E-state index in [1.807, 2.05) is 30.3 Å². The third-order valence-corrected chi connectivity index (χ3v) is 4.03. The Morgan fingerprint density at radius 2 is 2.14 bits per heavy atom. The standard InChI is InChI=1S/C16H21N3O3/c20-15-11-19(16(21)17-9-14-7-4-8-22-14)12-18(15)10-13-5-2-1-3-6-13/h1-3,5-6,14H,4,7-12H2,(H,17,21)/t14-/m1/s1. The van der Waals surface area contributed by atoms with Crippen molar-refractivity contribution in [2.24, 2.45) is 0 Å². The highest BCUT2D eigenvalue weighted by atomic mass is 16.5. The second kappa shape index (κ2) is 6.79. The van der Waals surface area contributed by atoms with E-state index in [4.69, 9.17) is 4.74 Å². The van der Waals surface area contributed by atoms with Gasteiger partial charge in [-0.2, -0.15) is 0 Å². The Kier molecular flexibility index (Phi) is 4.58. The fraction of sp³-hybridized carbons (Fsp3) is 0.500. The number of hydrogen-bond donors (Lipinski definition) is 1. The third-order valence-electron chi connectivity index (χ3n) is 4.03. The molecular formula is C16H21N3O3. The highest BCUT2D eigenvalue weighted by molar-refractivity contribution is 5.87. The molecule has 2 heterocycles. The maximum atomic E-state index is 12.1. The normalized spacial score (nSPS) is 21.5. The largest absolute Gasteiger partial charge is 0.376 e. The summed E-state index contributed by atoms with van der Waals surface area (Å²) in [6, 6.07) is 9.60. The van der Waals surface area contributed by atoms with Gasteiger partial charge in [-0.25, -0.2) is 4.79 Å². The smallest absolute Gasteiger partial charge is 0.319 e. The number of nitrogens with zero attached hydrogens (tertiary/aromatic N) is 2. The van der Waals surface area contributed by atoms with E-state index in [-0.39, 0.29) is 24.6 Å². The molecule has 0 unspecified atom stereocenters. The van der Waals surface area contributed by atoms with Gasteiger partial charge in [-0.05, 0) is 18.4 Å². The number of ether oxygens (including phenoxy) is 1.